The second kappa shape index (κ2) is 7.89. The zero-order valence-electron chi connectivity index (χ0n) is 5.77. The van der Waals surface area contributed by atoms with Crippen LogP contribution < -0.4 is 5.73 Å². The number of rotatable bonds is 6. The maximum absolute atomic E-state index is 11.5. The number of halogens is 1. The van der Waals surface area contributed by atoms with Crippen LogP contribution in [0.15, 0.2) is 0 Å². The predicted octanol–water partition coefficient (Wildman–Crippen LogP) is 1.98. The molecule has 0 aromatic heterocycles. The van der Waals surface area contributed by atoms with Gasteiger partial charge >= 0.3 is 0 Å². The highest BCUT2D eigenvalue weighted by atomic mass is 19.1. The van der Waals surface area contributed by atoms with Crippen molar-refractivity contribution >= 4 is 0 Å². The molecule has 2 radical (unpaired) electrons. The van der Waals surface area contributed by atoms with Crippen LogP contribution in [0, 0.1) is 0 Å². The molecule has 0 N–H and O–H groups in total. The molecular weight excluding hydrogens is 117 g/mol. The minimum atomic E-state index is -0.195. The van der Waals surface area contributed by atoms with Crippen LogP contribution in [0.25, 0.3) is 0 Å². The molecule has 0 aromatic rings. The Morgan fingerprint density at radius 1 is 0.889 bits per heavy atom. The van der Waals surface area contributed by atoms with Gasteiger partial charge in [-0.3, -0.25) is 4.39 Å². The first-order valence-electron chi connectivity index (χ1n) is 3.58. The lowest BCUT2D eigenvalue weighted by atomic mass is 10.1. The first kappa shape index (κ1) is 8.89. The predicted molar refractivity (Wildman–Crippen MR) is 36.1 cm³/mol. The minimum absolute atomic E-state index is 0.195. The molecule has 0 fully saturated rings. The summed E-state index contributed by atoms with van der Waals surface area (Å²) in [5.74, 6) is 0. The number of nitrogens with zero attached hydrogens (tertiary/aromatic N) is 1. The Morgan fingerprint density at radius 3 is 2.00 bits per heavy atom. The third-order valence-corrected chi connectivity index (χ3v) is 1.29. The molecule has 54 valence electrons. The highest BCUT2D eigenvalue weighted by Crippen LogP contribution is 2.01. The van der Waals surface area contributed by atoms with Crippen LogP contribution in [0.2, 0.25) is 0 Å². The highest BCUT2D eigenvalue weighted by Gasteiger charge is 1.87. The summed E-state index contributed by atoms with van der Waals surface area (Å²) in [5.41, 5.74) is 8.35. The third-order valence-electron chi connectivity index (χ3n) is 1.29. The van der Waals surface area contributed by atoms with Gasteiger partial charge < -0.3 is 0 Å². The van der Waals surface area contributed by atoms with Gasteiger partial charge in [-0.1, -0.05) is 19.3 Å². The van der Waals surface area contributed by atoms with Crippen molar-refractivity contribution in [2.24, 2.45) is 0 Å². The summed E-state index contributed by atoms with van der Waals surface area (Å²) in [7, 11) is 0. The Balaban J connectivity index is 2.60. The second-order valence-corrected chi connectivity index (χ2v) is 2.18. The molecule has 0 spiro atoms. The van der Waals surface area contributed by atoms with Crippen molar-refractivity contribution in [1.82, 2.24) is 5.73 Å². The molecule has 0 aliphatic heterocycles. The average molecular weight is 131 g/mol. The van der Waals surface area contributed by atoms with E-state index in [1.54, 1.807) is 0 Å². The first-order chi connectivity index (χ1) is 4.41. The summed E-state index contributed by atoms with van der Waals surface area (Å²) in [6, 6.07) is 0. The lowest BCUT2D eigenvalue weighted by Gasteiger charge is -1.94. The van der Waals surface area contributed by atoms with Crippen molar-refractivity contribution in [3.63, 3.8) is 0 Å². The fourth-order valence-corrected chi connectivity index (χ4v) is 0.737. The van der Waals surface area contributed by atoms with Crippen molar-refractivity contribution in [1.29, 1.82) is 0 Å². The van der Waals surface area contributed by atoms with Gasteiger partial charge in [0.25, 0.3) is 0 Å². The van der Waals surface area contributed by atoms with E-state index in [2.05, 4.69) is 0 Å². The van der Waals surface area contributed by atoms with Crippen molar-refractivity contribution in [3.8, 4) is 0 Å². The van der Waals surface area contributed by atoms with E-state index in [0.29, 0.717) is 6.42 Å². The lowest BCUT2D eigenvalue weighted by molar-refractivity contribution is 0.451. The van der Waals surface area contributed by atoms with E-state index >= 15 is 0 Å². The monoisotopic (exact) mass is 131 g/mol. The van der Waals surface area contributed by atoms with E-state index in [-0.39, 0.29) is 13.2 Å². The summed E-state index contributed by atoms with van der Waals surface area (Å²) in [6.45, 7) is 0.0781. The van der Waals surface area contributed by atoms with Crippen LogP contribution in [0.5, 0.6) is 0 Å². The molecular formula is C7H14FN. The van der Waals surface area contributed by atoms with Crippen molar-refractivity contribution in [2.75, 3.05) is 13.2 Å². The van der Waals surface area contributed by atoms with Gasteiger partial charge in [-0.05, 0) is 12.8 Å². The molecule has 0 aliphatic rings. The molecule has 0 rings (SSSR count). The van der Waals surface area contributed by atoms with Gasteiger partial charge in [0, 0.05) is 6.54 Å². The summed E-state index contributed by atoms with van der Waals surface area (Å²) in [4.78, 5) is 0. The van der Waals surface area contributed by atoms with E-state index < -0.39 is 0 Å². The Kier molecular flexibility index (Phi) is 7.79. The van der Waals surface area contributed by atoms with E-state index in [1.165, 1.54) is 0 Å². The molecule has 2 heteroatoms. The second-order valence-electron chi connectivity index (χ2n) is 2.18. The van der Waals surface area contributed by atoms with Gasteiger partial charge in [0.05, 0.1) is 6.67 Å². The van der Waals surface area contributed by atoms with Gasteiger partial charge in [-0.15, -0.1) is 5.73 Å². The highest BCUT2D eigenvalue weighted by molar-refractivity contribution is 4.43. The summed E-state index contributed by atoms with van der Waals surface area (Å²) < 4.78 is 11.5. The molecule has 0 saturated heterocycles. The maximum atomic E-state index is 11.5. The number of hydrogen-bond donors (Lipinski definition) is 0. The van der Waals surface area contributed by atoms with Gasteiger partial charge in [0.15, 0.2) is 0 Å². The fraction of sp³-hybridized carbons (Fsp3) is 1.00. The minimum Gasteiger partial charge on any atom is -0.251 e. The maximum Gasteiger partial charge on any atom is 0.0894 e. The van der Waals surface area contributed by atoms with E-state index in [4.69, 9.17) is 5.73 Å². The molecule has 0 bridgehead atoms. The summed E-state index contributed by atoms with van der Waals surface area (Å²) in [6.07, 6.45) is 4.62. The van der Waals surface area contributed by atoms with Crippen LogP contribution in [-0.2, 0) is 0 Å². The Bertz CT molecular complexity index is 42.2. The Morgan fingerprint density at radius 2 is 1.44 bits per heavy atom. The van der Waals surface area contributed by atoms with Gasteiger partial charge in [-0.2, -0.15) is 0 Å². The van der Waals surface area contributed by atoms with E-state index in [1.807, 2.05) is 0 Å². The molecule has 0 heterocycles. The molecule has 0 amide bonds. The van der Waals surface area contributed by atoms with Gasteiger partial charge in [0.2, 0.25) is 0 Å². The van der Waals surface area contributed by atoms with E-state index in [0.717, 1.165) is 25.7 Å². The Hall–Kier alpha value is -0.110. The SMILES string of the molecule is [N]CCCCCCCF. The smallest absolute Gasteiger partial charge is 0.0894 e. The third kappa shape index (κ3) is 7.89. The fourth-order valence-electron chi connectivity index (χ4n) is 0.737. The van der Waals surface area contributed by atoms with Crippen molar-refractivity contribution < 1.29 is 4.39 Å². The van der Waals surface area contributed by atoms with Gasteiger partial charge in [0.1, 0.15) is 0 Å². The van der Waals surface area contributed by atoms with Crippen LogP contribution in [0.1, 0.15) is 32.1 Å². The van der Waals surface area contributed by atoms with E-state index in [9.17, 15) is 4.39 Å². The normalized spacial score (nSPS) is 10.0. The van der Waals surface area contributed by atoms with Crippen molar-refractivity contribution in [3.05, 3.63) is 0 Å². The standard InChI is InChI=1S/C7H14FN/c8-6-4-2-1-3-5-7-9/h1-7H2. The van der Waals surface area contributed by atoms with Crippen LogP contribution in [-0.4, -0.2) is 13.2 Å². The molecule has 9 heavy (non-hydrogen) atoms. The average Bonchev–Trinajstić information content (AvgIpc) is 1.89. The van der Waals surface area contributed by atoms with Crippen LogP contribution in [0.4, 0.5) is 4.39 Å². The molecule has 0 saturated carbocycles. The topological polar surface area (TPSA) is 22.3 Å². The quantitative estimate of drug-likeness (QED) is 0.492. The summed E-state index contributed by atoms with van der Waals surface area (Å²) >= 11 is 0. The number of hydrogen-bond acceptors (Lipinski definition) is 0. The number of unbranched alkanes of at least 4 members (excludes halogenated alkanes) is 4. The van der Waals surface area contributed by atoms with Gasteiger partial charge in [-0.25, -0.2) is 0 Å². The molecule has 0 aromatic carbocycles. The van der Waals surface area contributed by atoms with Crippen molar-refractivity contribution in [2.45, 2.75) is 32.1 Å². The molecule has 0 unspecified atom stereocenters. The van der Waals surface area contributed by atoms with Crippen LogP contribution >= 0.6 is 0 Å². The lowest BCUT2D eigenvalue weighted by Crippen LogP contribution is -1.85. The van der Waals surface area contributed by atoms with Crippen LogP contribution in [0.3, 0.4) is 0 Å². The zero-order chi connectivity index (χ0) is 6.95. The zero-order valence-corrected chi connectivity index (χ0v) is 5.77. The molecule has 0 atom stereocenters. The number of alkyl halides is 1. The largest absolute Gasteiger partial charge is 0.251 e. The molecule has 1 nitrogen and oxygen atoms in total. The molecule has 0 aliphatic carbocycles. The Labute approximate surface area is 56.4 Å². The first-order valence-corrected chi connectivity index (χ1v) is 3.58. The summed E-state index contributed by atoms with van der Waals surface area (Å²) in [5, 5.41) is 0.